The lowest BCUT2D eigenvalue weighted by molar-refractivity contribution is -0.261. The van der Waals surface area contributed by atoms with Crippen LogP contribution in [-0.2, 0) is 16.6 Å². The van der Waals surface area contributed by atoms with E-state index in [1.807, 2.05) is 7.11 Å². The van der Waals surface area contributed by atoms with Crippen LogP contribution >= 0.6 is 0 Å². The van der Waals surface area contributed by atoms with E-state index in [-0.39, 0.29) is 22.5 Å². The van der Waals surface area contributed by atoms with E-state index in [1.54, 1.807) is 7.11 Å². The van der Waals surface area contributed by atoms with E-state index in [9.17, 15) is 0 Å². The molecule has 2 aliphatic heterocycles. The monoisotopic (exact) mass is 526 g/mol. The largest absolute Gasteiger partial charge is 0.493 e. The van der Waals surface area contributed by atoms with Gasteiger partial charge in [0.25, 0.3) is 0 Å². The van der Waals surface area contributed by atoms with Crippen molar-refractivity contribution in [3.63, 3.8) is 0 Å². The van der Waals surface area contributed by atoms with Crippen LogP contribution in [0.5, 0.6) is 11.5 Å². The van der Waals surface area contributed by atoms with Crippen LogP contribution in [0.15, 0.2) is 36.4 Å². The standard InChI is InChI=1S/C34H42N2O3/c1-37-27-12-9-24-17-28-32-13-14-34(38-2,26(18-32)23-7-10-25(11-8-23)35-19-21-3-4-21)31-33(32,29(24)30(27)39-31)15-16-36(28)20-22-5-6-22/h7-12,21-22,26,28,31,35H,3-6,13-20H2,1-2H3/t26-,28-,31-,32-,33+,34-/m1/s1. The van der Waals surface area contributed by atoms with Gasteiger partial charge in [0, 0.05) is 54.2 Å². The first-order chi connectivity index (χ1) is 19.1. The molecule has 1 saturated heterocycles. The summed E-state index contributed by atoms with van der Waals surface area (Å²) < 4.78 is 19.9. The van der Waals surface area contributed by atoms with Gasteiger partial charge in [0.05, 0.1) is 7.11 Å². The number of piperidine rings is 1. The number of fused-ring (bicyclic) bond motifs is 2. The zero-order chi connectivity index (χ0) is 26.0. The molecule has 2 heterocycles. The zero-order valence-corrected chi connectivity index (χ0v) is 23.5. The first kappa shape index (κ1) is 23.5. The SMILES string of the molecule is COc1ccc2c3c1O[C@H]1[C@@]4(OC)CC[C@@]5(C[C@@H]4c4ccc(NCC6CC6)cc4)[C@@H](C2)N(CC2CC2)CC[C@]315. The predicted molar refractivity (Wildman–Crippen MR) is 152 cm³/mol. The Morgan fingerprint density at radius 1 is 0.974 bits per heavy atom. The summed E-state index contributed by atoms with van der Waals surface area (Å²) in [6.07, 6.45) is 11.4. The van der Waals surface area contributed by atoms with Crippen LogP contribution in [0, 0.1) is 17.3 Å². The maximum absolute atomic E-state index is 7.22. The molecule has 6 fully saturated rings. The Hall–Kier alpha value is -2.24. The molecule has 0 amide bonds. The van der Waals surface area contributed by atoms with Crippen molar-refractivity contribution in [3.8, 4) is 11.5 Å². The number of nitrogens with one attached hydrogen (secondary N) is 1. The highest BCUT2D eigenvalue weighted by Gasteiger charge is 2.80. The molecular formula is C34H42N2O3. The fourth-order valence-electron chi connectivity index (χ4n) is 10.4. The molecule has 5 saturated carbocycles. The minimum absolute atomic E-state index is 0.0195. The number of likely N-dealkylation sites (tertiary alicyclic amines) is 1. The maximum Gasteiger partial charge on any atom is 0.165 e. The van der Waals surface area contributed by atoms with Crippen LogP contribution < -0.4 is 14.8 Å². The molecule has 5 nitrogen and oxygen atoms in total. The number of rotatable bonds is 8. The fraction of sp³-hybridized carbons (Fsp3) is 0.647. The third kappa shape index (κ3) is 2.94. The molecule has 6 atom stereocenters. The molecule has 8 aliphatic rings. The van der Waals surface area contributed by atoms with E-state index in [4.69, 9.17) is 14.2 Å². The second kappa shape index (κ2) is 7.94. The molecule has 0 unspecified atom stereocenters. The lowest BCUT2D eigenvalue weighted by Crippen LogP contribution is -2.80. The van der Waals surface area contributed by atoms with E-state index in [0.29, 0.717) is 12.0 Å². The second-order valence-electron chi connectivity index (χ2n) is 14.0. The van der Waals surface area contributed by atoms with Gasteiger partial charge in [-0.15, -0.1) is 0 Å². The number of benzene rings is 2. The molecule has 0 aromatic heterocycles. The van der Waals surface area contributed by atoms with Gasteiger partial charge in [-0.2, -0.15) is 0 Å². The van der Waals surface area contributed by atoms with Gasteiger partial charge in [-0.3, -0.25) is 4.90 Å². The Morgan fingerprint density at radius 2 is 1.79 bits per heavy atom. The number of hydrogen-bond donors (Lipinski definition) is 1. The number of methoxy groups -OCH3 is 2. The van der Waals surface area contributed by atoms with Crippen LogP contribution in [0.25, 0.3) is 0 Å². The number of anilines is 1. The first-order valence-electron chi connectivity index (χ1n) is 15.6. The molecular weight excluding hydrogens is 484 g/mol. The summed E-state index contributed by atoms with van der Waals surface area (Å²) in [6, 6.07) is 14.5. The average Bonchev–Trinajstić information content (AvgIpc) is 3.91. The molecule has 39 heavy (non-hydrogen) atoms. The number of nitrogens with zero attached hydrogens (tertiary/aromatic N) is 1. The van der Waals surface area contributed by atoms with E-state index in [2.05, 4.69) is 46.6 Å². The molecule has 206 valence electrons. The van der Waals surface area contributed by atoms with Gasteiger partial charge in [0.1, 0.15) is 11.7 Å². The van der Waals surface area contributed by atoms with E-state index < -0.39 is 0 Å². The van der Waals surface area contributed by atoms with Gasteiger partial charge < -0.3 is 19.5 Å². The van der Waals surface area contributed by atoms with Crippen molar-refractivity contribution in [2.75, 3.05) is 39.2 Å². The van der Waals surface area contributed by atoms with Gasteiger partial charge in [-0.1, -0.05) is 18.2 Å². The smallest absolute Gasteiger partial charge is 0.165 e. The summed E-state index contributed by atoms with van der Waals surface area (Å²) in [5.41, 5.74) is 5.57. The van der Waals surface area contributed by atoms with Crippen LogP contribution in [0.2, 0.25) is 0 Å². The van der Waals surface area contributed by atoms with Crippen LogP contribution in [0.1, 0.15) is 74.0 Å². The van der Waals surface area contributed by atoms with Crippen molar-refractivity contribution in [1.29, 1.82) is 0 Å². The summed E-state index contributed by atoms with van der Waals surface area (Å²) in [5, 5.41) is 3.67. The van der Waals surface area contributed by atoms with Crippen molar-refractivity contribution in [1.82, 2.24) is 4.90 Å². The highest BCUT2D eigenvalue weighted by Crippen LogP contribution is 2.78. The Labute approximate surface area is 232 Å². The second-order valence-corrected chi connectivity index (χ2v) is 14.0. The molecule has 2 aromatic carbocycles. The molecule has 1 N–H and O–H groups in total. The lowest BCUT2D eigenvalue weighted by Gasteiger charge is -2.74. The van der Waals surface area contributed by atoms with E-state index in [1.165, 1.54) is 80.4 Å². The van der Waals surface area contributed by atoms with Crippen molar-refractivity contribution in [2.24, 2.45) is 17.3 Å². The van der Waals surface area contributed by atoms with Crippen LogP contribution in [0.3, 0.4) is 0 Å². The summed E-state index contributed by atoms with van der Waals surface area (Å²) >= 11 is 0. The highest BCUT2D eigenvalue weighted by atomic mass is 16.6. The Bertz CT molecular complexity index is 1320. The Kier molecular flexibility index (Phi) is 4.78. The molecule has 6 aliphatic carbocycles. The van der Waals surface area contributed by atoms with Gasteiger partial charge in [-0.25, -0.2) is 0 Å². The van der Waals surface area contributed by atoms with E-state index >= 15 is 0 Å². The minimum atomic E-state index is -0.327. The molecule has 2 aromatic rings. The summed E-state index contributed by atoms with van der Waals surface area (Å²) in [6.45, 7) is 3.58. The Morgan fingerprint density at radius 3 is 2.54 bits per heavy atom. The quantitative estimate of drug-likeness (QED) is 0.463. The van der Waals surface area contributed by atoms with Crippen LogP contribution in [-0.4, -0.2) is 56.5 Å². The van der Waals surface area contributed by atoms with E-state index in [0.717, 1.165) is 42.7 Å². The Balaban J connectivity index is 1.18. The average molecular weight is 527 g/mol. The van der Waals surface area contributed by atoms with Gasteiger partial charge in [0.15, 0.2) is 11.5 Å². The normalized spacial score (nSPS) is 39.3. The maximum atomic E-state index is 7.22. The first-order valence-corrected chi connectivity index (χ1v) is 15.6. The summed E-state index contributed by atoms with van der Waals surface area (Å²) in [4.78, 5) is 2.93. The predicted octanol–water partition coefficient (Wildman–Crippen LogP) is 5.91. The molecule has 0 radical (unpaired) electrons. The number of ether oxygens (including phenoxy) is 3. The van der Waals surface area contributed by atoms with Crippen molar-refractivity contribution in [3.05, 3.63) is 53.1 Å². The van der Waals surface area contributed by atoms with Crippen molar-refractivity contribution < 1.29 is 14.2 Å². The zero-order valence-electron chi connectivity index (χ0n) is 23.5. The number of hydrogen-bond acceptors (Lipinski definition) is 5. The third-order valence-electron chi connectivity index (χ3n) is 12.5. The fourth-order valence-corrected chi connectivity index (χ4v) is 10.4. The van der Waals surface area contributed by atoms with Gasteiger partial charge in [-0.05, 0) is 105 Å². The lowest BCUT2D eigenvalue weighted by atomic mass is 9.34. The summed E-state index contributed by atoms with van der Waals surface area (Å²) in [5.74, 6) is 4.05. The molecule has 4 bridgehead atoms. The van der Waals surface area contributed by atoms with Crippen molar-refractivity contribution >= 4 is 5.69 Å². The van der Waals surface area contributed by atoms with Crippen LogP contribution in [0.4, 0.5) is 5.69 Å². The van der Waals surface area contributed by atoms with Gasteiger partial charge in [0.2, 0.25) is 0 Å². The summed E-state index contributed by atoms with van der Waals surface area (Å²) in [7, 11) is 3.75. The molecule has 2 spiro atoms. The van der Waals surface area contributed by atoms with Crippen molar-refractivity contribution in [2.45, 2.75) is 86.9 Å². The topological polar surface area (TPSA) is 43.0 Å². The van der Waals surface area contributed by atoms with Gasteiger partial charge >= 0.3 is 0 Å². The third-order valence-corrected chi connectivity index (χ3v) is 12.5. The molecule has 10 rings (SSSR count). The minimum Gasteiger partial charge on any atom is -0.493 e. The molecule has 5 heteroatoms. The highest BCUT2D eigenvalue weighted by molar-refractivity contribution is 5.64.